The van der Waals surface area contributed by atoms with E-state index in [1.807, 2.05) is 13.8 Å². The van der Waals surface area contributed by atoms with Crippen molar-refractivity contribution in [3.05, 3.63) is 62.9 Å². The Balaban J connectivity index is 2.23. The molecule has 0 saturated heterocycles. The zero-order valence-corrected chi connectivity index (χ0v) is 25.3. The van der Waals surface area contributed by atoms with E-state index in [0.717, 1.165) is 0 Å². The Morgan fingerprint density at radius 2 is 1.75 bits per heavy atom. The summed E-state index contributed by atoms with van der Waals surface area (Å²) in [6.07, 6.45) is 2.04. The normalized spacial score (nSPS) is 18.6. The molecule has 0 amide bonds. The van der Waals surface area contributed by atoms with Gasteiger partial charge >= 0.3 is 11.9 Å². The van der Waals surface area contributed by atoms with E-state index in [9.17, 15) is 18.8 Å². The average Bonchev–Trinajstić information content (AvgIpc) is 2.98. The predicted molar refractivity (Wildman–Crippen MR) is 154 cm³/mol. The molecule has 3 rings (SSSR count). The Bertz CT molecular complexity index is 1340. The second-order valence-corrected chi connectivity index (χ2v) is 11.8. The maximum Gasteiger partial charge on any atom is 0.350 e. The van der Waals surface area contributed by atoms with Gasteiger partial charge in [-0.1, -0.05) is 44.0 Å². The van der Waals surface area contributed by atoms with E-state index in [-0.39, 0.29) is 28.5 Å². The van der Waals surface area contributed by atoms with Gasteiger partial charge in [-0.15, -0.1) is 0 Å². The first kappa shape index (κ1) is 31.6. The molecule has 9 heteroatoms. The molecule has 2 aromatic rings. The third kappa shape index (κ3) is 6.69. The number of methoxy groups -OCH3 is 1. The van der Waals surface area contributed by atoms with Crippen molar-refractivity contribution in [3.63, 3.8) is 0 Å². The molecule has 0 N–H and O–H groups in total. The molecule has 0 heterocycles. The van der Waals surface area contributed by atoms with Crippen molar-refractivity contribution in [2.45, 2.75) is 77.9 Å². The highest BCUT2D eigenvalue weighted by Crippen LogP contribution is 2.43. The van der Waals surface area contributed by atoms with Crippen LogP contribution in [0.25, 0.3) is 11.6 Å². The van der Waals surface area contributed by atoms with E-state index in [0.29, 0.717) is 34.6 Å². The first-order valence-corrected chi connectivity index (χ1v) is 14.0. The Kier molecular flexibility index (Phi) is 9.74. The number of halogens is 3. The zero-order chi connectivity index (χ0) is 30.0. The highest BCUT2D eigenvalue weighted by molar-refractivity contribution is 6.32. The number of ether oxygens (including phenoxy) is 3. The lowest BCUT2D eigenvalue weighted by molar-refractivity contribution is -0.161. The minimum absolute atomic E-state index is 0.122. The minimum atomic E-state index is -1.27. The number of fused-ring (bicyclic) bond motifs is 1. The van der Waals surface area contributed by atoms with E-state index >= 15 is 0 Å². The molecule has 1 aliphatic carbocycles. The van der Waals surface area contributed by atoms with E-state index in [1.165, 1.54) is 19.2 Å². The summed E-state index contributed by atoms with van der Waals surface area (Å²) in [5, 5.41) is 0.238. The maximum atomic E-state index is 14.8. The van der Waals surface area contributed by atoms with Crippen molar-refractivity contribution < 1.29 is 33.0 Å². The summed E-state index contributed by atoms with van der Waals surface area (Å²) >= 11 is 12.5. The fourth-order valence-electron chi connectivity index (χ4n) is 4.85. The number of rotatable bonds is 7. The number of Topliss-reactive ketones (excluding diaryl/α,β-unsaturated/α-hetero) is 1. The number of ketones is 1. The van der Waals surface area contributed by atoms with Crippen LogP contribution in [0.3, 0.4) is 0 Å². The summed E-state index contributed by atoms with van der Waals surface area (Å²) in [6.45, 7) is 10.7. The molecule has 216 valence electrons. The van der Waals surface area contributed by atoms with Crippen molar-refractivity contribution in [2.75, 3.05) is 7.11 Å². The highest BCUT2D eigenvalue weighted by atomic mass is 35.5. The topological polar surface area (TPSA) is 78.9 Å². The molecule has 2 unspecified atom stereocenters. The van der Waals surface area contributed by atoms with Gasteiger partial charge in [0.05, 0.1) is 18.1 Å². The highest BCUT2D eigenvalue weighted by Gasteiger charge is 2.40. The molecule has 0 spiro atoms. The number of benzene rings is 2. The number of hydrogen-bond acceptors (Lipinski definition) is 6. The molecular weight excluding hydrogens is 558 g/mol. The quantitative estimate of drug-likeness (QED) is 0.185. The fourth-order valence-corrected chi connectivity index (χ4v) is 5.20. The third-order valence-corrected chi connectivity index (χ3v) is 7.69. The van der Waals surface area contributed by atoms with Crippen molar-refractivity contribution in [1.29, 1.82) is 0 Å². The van der Waals surface area contributed by atoms with Gasteiger partial charge in [0.15, 0.2) is 5.78 Å². The second-order valence-electron chi connectivity index (χ2n) is 10.9. The molecule has 0 bridgehead atoms. The van der Waals surface area contributed by atoms with Gasteiger partial charge < -0.3 is 14.2 Å². The minimum Gasteiger partial charge on any atom is -0.475 e. The van der Waals surface area contributed by atoms with Gasteiger partial charge in [-0.3, -0.25) is 9.59 Å². The standard InChI is InChI=1S/C31H35Cl2FO6/c1-8-31(9-2,29(37)38-7)39-27-11-10-19(32)12-18(27)13-23-22-15-25(34)24(33)14-20(22)17(3)21(16-26(23)35)28(36)40-30(4,5)6/h10-15,17,21H,8-9,16H2,1-7H3. The molecular formula is C31H35Cl2FO6. The molecule has 6 nitrogen and oxygen atoms in total. The lowest BCUT2D eigenvalue weighted by Gasteiger charge is -2.30. The van der Waals surface area contributed by atoms with E-state index < -0.39 is 40.8 Å². The predicted octanol–water partition coefficient (Wildman–Crippen LogP) is 7.82. The van der Waals surface area contributed by atoms with Gasteiger partial charge in [-0.2, -0.15) is 0 Å². The Labute approximate surface area is 244 Å². The molecule has 2 atom stereocenters. The molecule has 0 aliphatic heterocycles. The molecule has 1 aliphatic rings. The molecule has 0 fully saturated rings. The lowest BCUT2D eigenvalue weighted by Crippen LogP contribution is -2.44. The summed E-state index contributed by atoms with van der Waals surface area (Å²) < 4.78 is 31.7. The number of esters is 2. The van der Waals surface area contributed by atoms with Gasteiger partial charge in [0.1, 0.15) is 17.2 Å². The van der Waals surface area contributed by atoms with Gasteiger partial charge in [0, 0.05) is 22.6 Å². The van der Waals surface area contributed by atoms with E-state index in [2.05, 4.69) is 0 Å². The average molecular weight is 594 g/mol. The number of allylic oxidation sites excluding steroid dienone is 1. The van der Waals surface area contributed by atoms with Crippen molar-refractivity contribution in [1.82, 2.24) is 0 Å². The van der Waals surface area contributed by atoms with Crippen molar-refractivity contribution in [3.8, 4) is 5.75 Å². The van der Waals surface area contributed by atoms with E-state index in [1.54, 1.807) is 52.0 Å². The maximum absolute atomic E-state index is 14.8. The van der Waals surface area contributed by atoms with Crippen LogP contribution in [0.2, 0.25) is 10.0 Å². The summed E-state index contributed by atoms with van der Waals surface area (Å²) in [4.78, 5) is 39.6. The summed E-state index contributed by atoms with van der Waals surface area (Å²) in [7, 11) is 1.29. The fraction of sp³-hybridized carbons (Fsp3) is 0.452. The number of carbonyl (C=O) groups excluding carboxylic acids is 3. The first-order valence-electron chi connectivity index (χ1n) is 13.2. The van der Waals surface area contributed by atoms with Crippen LogP contribution in [0.15, 0.2) is 30.3 Å². The SMILES string of the molecule is CCC(CC)(Oc1ccc(Cl)cc1C=C1C(=O)CC(C(=O)OC(C)(C)C)C(C)c2cc(Cl)c(F)cc21)C(=O)OC. The van der Waals surface area contributed by atoms with Crippen LogP contribution in [-0.2, 0) is 23.9 Å². The lowest BCUT2D eigenvalue weighted by atomic mass is 9.85. The Morgan fingerprint density at radius 3 is 2.33 bits per heavy atom. The van der Waals surface area contributed by atoms with Crippen molar-refractivity contribution >= 4 is 52.6 Å². The van der Waals surface area contributed by atoms with Crippen LogP contribution in [-0.4, -0.2) is 36.0 Å². The van der Waals surface area contributed by atoms with Crippen LogP contribution in [0.4, 0.5) is 4.39 Å². The largest absolute Gasteiger partial charge is 0.475 e. The smallest absolute Gasteiger partial charge is 0.350 e. The summed E-state index contributed by atoms with van der Waals surface area (Å²) in [6, 6.07) is 7.46. The second kappa shape index (κ2) is 12.3. The summed E-state index contributed by atoms with van der Waals surface area (Å²) in [5.41, 5.74) is -0.623. The van der Waals surface area contributed by atoms with Crippen molar-refractivity contribution in [2.24, 2.45) is 5.92 Å². The van der Waals surface area contributed by atoms with Crippen LogP contribution in [0.1, 0.15) is 83.4 Å². The van der Waals surface area contributed by atoms with Crippen LogP contribution < -0.4 is 4.74 Å². The summed E-state index contributed by atoms with van der Waals surface area (Å²) in [5.74, 6) is -3.18. The monoisotopic (exact) mass is 592 g/mol. The number of hydrogen-bond donors (Lipinski definition) is 0. The van der Waals surface area contributed by atoms with Crippen LogP contribution >= 0.6 is 23.2 Å². The van der Waals surface area contributed by atoms with E-state index in [4.69, 9.17) is 37.4 Å². The third-order valence-electron chi connectivity index (χ3n) is 7.17. The molecule has 0 saturated carbocycles. The first-order chi connectivity index (χ1) is 18.7. The molecule has 40 heavy (non-hydrogen) atoms. The zero-order valence-electron chi connectivity index (χ0n) is 23.8. The van der Waals surface area contributed by atoms with Gasteiger partial charge in [-0.25, -0.2) is 9.18 Å². The van der Waals surface area contributed by atoms with Crippen LogP contribution in [0.5, 0.6) is 5.75 Å². The molecule has 0 radical (unpaired) electrons. The van der Waals surface area contributed by atoms with Gasteiger partial charge in [0.25, 0.3) is 0 Å². The van der Waals surface area contributed by atoms with Crippen LogP contribution in [0, 0.1) is 11.7 Å². The molecule has 2 aromatic carbocycles. The molecule has 0 aromatic heterocycles. The Hall–Kier alpha value is -2.90. The van der Waals surface area contributed by atoms with Gasteiger partial charge in [-0.05, 0) is 87.1 Å². The number of carbonyl (C=O) groups is 3. The van der Waals surface area contributed by atoms with Gasteiger partial charge in [0.2, 0.25) is 5.60 Å². The Morgan fingerprint density at radius 1 is 1.10 bits per heavy atom.